The summed E-state index contributed by atoms with van der Waals surface area (Å²) in [5.74, 6) is 0.294. The molecule has 4 rings (SSSR count). The van der Waals surface area contributed by atoms with E-state index in [0.29, 0.717) is 12.3 Å². The van der Waals surface area contributed by atoms with Crippen molar-refractivity contribution >= 4 is 11.6 Å². The van der Waals surface area contributed by atoms with Crippen LogP contribution in [0.3, 0.4) is 0 Å². The molecule has 0 atom stereocenters. The monoisotopic (exact) mass is 377 g/mol. The van der Waals surface area contributed by atoms with E-state index >= 15 is 0 Å². The topological polar surface area (TPSA) is 26.8 Å². The van der Waals surface area contributed by atoms with Gasteiger partial charge in [-0.2, -0.15) is 0 Å². The Bertz CT molecular complexity index is 745. The highest BCUT2D eigenvalue weighted by atomic mass is 16.2. The highest BCUT2D eigenvalue weighted by molar-refractivity contribution is 5.76. The molecule has 0 spiro atoms. The Morgan fingerprint density at radius 3 is 2.11 bits per heavy atom. The zero-order chi connectivity index (χ0) is 19.2. The predicted octanol–water partition coefficient (Wildman–Crippen LogP) is 3.56. The summed E-state index contributed by atoms with van der Waals surface area (Å²) in [5.41, 5.74) is 3.93. The summed E-state index contributed by atoms with van der Waals surface area (Å²) in [6, 6.07) is 19.4. The van der Waals surface area contributed by atoms with Crippen LogP contribution in [0.4, 0.5) is 5.69 Å². The molecule has 1 amide bonds. The first kappa shape index (κ1) is 19.0. The van der Waals surface area contributed by atoms with Gasteiger partial charge in [0.05, 0.1) is 0 Å². The molecule has 28 heavy (non-hydrogen) atoms. The van der Waals surface area contributed by atoms with Crippen LogP contribution in [0.15, 0.2) is 54.6 Å². The minimum absolute atomic E-state index is 0.294. The van der Waals surface area contributed by atoms with E-state index in [2.05, 4.69) is 64.4 Å². The Balaban J connectivity index is 1.20. The molecule has 0 saturated carbocycles. The summed E-state index contributed by atoms with van der Waals surface area (Å²) in [6.07, 6.45) is 4.05. The van der Waals surface area contributed by atoms with Crippen molar-refractivity contribution in [2.75, 3.05) is 44.2 Å². The third-order valence-corrected chi connectivity index (χ3v) is 6.01. The molecule has 2 aromatic carbocycles. The maximum absolute atomic E-state index is 12.6. The summed E-state index contributed by atoms with van der Waals surface area (Å²) in [7, 11) is 0. The normalized spacial score (nSPS) is 17.9. The lowest BCUT2D eigenvalue weighted by atomic mass is 10.1. The van der Waals surface area contributed by atoms with Crippen molar-refractivity contribution < 1.29 is 4.79 Å². The maximum Gasteiger partial charge on any atom is 0.222 e. The summed E-state index contributed by atoms with van der Waals surface area (Å²) in [4.78, 5) is 19.5. The molecule has 2 saturated heterocycles. The molecule has 2 aromatic rings. The fraction of sp³-hybridized carbons (Fsp3) is 0.458. The number of anilines is 1. The molecule has 0 radical (unpaired) electrons. The van der Waals surface area contributed by atoms with E-state index in [9.17, 15) is 4.79 Å². The van der Waals surface area contributed by atoms with Crippen molar-refractivity contribution in [3.63, 3.8) is 0 Å². The lowest BCUT2D eigenvalue weighted by Gasteiger charge is -2.34. The average molecular weight is 378 g/mol. The number of hydrogen-bond donors (Lipinski definition) is 0. The van der Waals surface area contributed by atoms with Gasteiger partial charge >= 0.3 is 0 Å². The Morgan fingerprint density at radius 1 is 0.750 bits per heavy atom. The summed E-state index contributed by atoms with van der Waals surface area (Å²) < 4.78 is 0. The second-order valence-electron chi connectivity index (χ2n) is 8.00. The first-order valence-electron chi connectivity index (χ1n) is 10.7. The second-order valence-corrected chi connectivity index (χ2v) is 8.00. The van der Waals surface area contributed by atoms with Crippen molar-refractivity contribution in [3.05, 3.63) is 65.7 Å². The van der Waals surface area contributed by atoms with Crippen molar-refractivity contribution in [3.8, 4) is 0 Å². The summed E-state index contributed by atoms with van der Waals surface area (Å²) in [6.45, 7) is 6.95. The van der Waals surface area contributed by atoms with Crippen molar-refractivity contribution in [2.45, 2.75) is 32.2 Å². The molecule has 2 fully saturated rings. The minimum atomic E-state index is 0.294. The van der Waals surface area contributed by atoms with Gasteiger partial charge in [-0.1, -0.05) is 42.5 Å². The Hall–Kier alpha value is -2.33. The van der Waals surface area contributed by atoms with Crippen molar-refractivity contribution in [1.29, 1.82) is 0 Å². The lowest BCUT2D eigenvalue weighted by molar-refractivity contribution is -0.133. The summed E-state index contributed by atoms with van der Waals surface area (Å²) in [5, 5.41) is 0. The minimum Gasteiger partial charge on any atom is -0.372 e. The first-order valence-corrected chi connectivity index (χ1v) is 10.7. The van der Waals surface area contributed by atoms with Crippen molar-refractivity contribution in [1.82, 2.24) is 9.80 Å². The van der Waals surface area contributed by atoms with Crippen LogP contribution in [0.25, 0.3) is 0 Å². The number of hydrogen-bond acceptors (Lipinski definition) is 3. The van der Waals surface area contributed by atoms with Crippen LogP contribution in [0, 0.1) is 0 Å². The quantitative estimate of drug-likeness (QED) is 0.770. The van der Waals surface area contributed by atoms with Gasteiger partial charge in [0.1, 0.15) is 0 Å². The first-order chi connectivity index (χ1) is 13.8. The van der Waals surface area contributed by atoms with Gasteiger partial charge in [-0.15, -0.1) is 0 Å². The largest absolute Gasteiger partial charge is 0.372 e. The standard InChI is InChI=1S/C24H31N3O/c28-24(13-10-21-8-11-23(12-9-21)26-14-4-5-15-26)27-18-16-25(17-19-27)20-22-6-2-1-3-7-22/h1-3,6-9,11-12H,4-5,10,13-20H2. The van der Waals surface area contributed by atoms with Crippen LogP contribution in [0.1, 0.15) is 30.4 Å². The van der Waals surface area contributed by atoms with E-state index < -0.39 is 0 Å². The molecule has 2 aliphatic heterocycles. The van der Waals surface area contributed by atoms with Crippen LogP contribution >= 0.6 is 0 Å². The SMILES string of the molecule is O=C(CCc1ccc(N2CCCC2)cc1)N1CCN(Cc2ccccc2)CC1. The molecule has 4 nitrogen and oxygen atoms in total. The third kappa shape index (κ3) is 4.93. The van der Waals surface area contributed by atoms with Gasteiger partial charge in [0.2, 0.25) is 5.91 Å². The highest BCUT2D eigenvalue weighted by Gasteiger charge is 2.21. The Kier molecular flexibility index (Phi) is 6.27. The van der Waals surface area contributed by atoms with Crippen LogP contribution in [0.5, 0.6) is 0 Å². The van der Waals surface area contributed by atoms with Gasteiger partial charge in [-0.05, 0) is 42.5 Å². The van der Waals surface area contributed by atoms with E-state index in [1.807, 2.05) is 4.90 Å². The molecule has 2 aliphatic rings. The number of carbonyl (C=O) groups is 1. The molecular weight excluding hydrogens is 346 g/mol. The van der Waals surface area contributed by atoms with Crippen LogP contribution in [0.2, 0.25) is 0 Å². The fourth-order valence-electron chi connectivity index (χ4n) is 4.26. The van der Waals surface area contributed by atoms with E-state index in [4.69, 9.17) is 0 Å². The number of rotatable bonds is 6. The predicted molar refractivity (Wildman–Crippen MR) is 115 cm³/mol. The number of benzene rings is 2. The summed E-state index contributed by atoms with van der Waals surface area (Å²) >= 11 is 0. The molecule has 0 aromatic heterocycles. The van der Waals surface area contributed by atoms with Crippen molar-refractivity contribution in [2.24, 2.45) is 0 Å². The van der Waals surface area contributed by atoms with E-state index in [0.717, 1.165) is 39.1 Å². The molecular formula is C24H31N3O. The zero-order valence-electron chi connectivity index (χ0n) is 16.7. The molecule has 0 unspecified atom stereocenters. The number of carbonyl (C=O) groups excluding carboxylic acids is 1. The highest BCUT2D eigenvalue weighted by Crippen LogP contribution is 2.21. The lowest BCUT2D eigenvalue weighted by Crippen LogP contribution is -2.48. The molecule has 0 aliphatic carbocycles. The van der Waals surface area contributed by atoms with Gasteiger partial charge in [0, 0.05) is 57.9 Å². The molecule has 4 heteroatoms. The second kappa shape index (κ2) is 9.24. The van der Waals surface area contributed by atoms with E-state index in [1.54, 1.807) is 0 Å². The molecule has 148 valence electrons. The van der Waals surface area contributed by atoms with Crippen LogP contribution < -0.4 is 4.90 Å². The van der Waals surface area contributed by atoms with Gasteiger partial charge in [0.15, 0.2) is 0 Å². The third-order valence-electron chi connectivity index (χ3n) is 6.01. The van der Waals surface area contributed by atoms with Gasteiger partial charge < -0.3 is 9.80 Å². The average Bonchev–Trinajstić information content (AvgIpc) is 3.29. The zero-order valence-corrected chi connectivity index (χ0v) is 16.7. The van der Waals surface area contributed by atoms with Crippen LogP contribution in [-0.2, 0) is 17.8 Å². The Morgan fingerprint density at radius 2 is 1.43 bits per heavy atom. The van der Waals surface area contributed by atoms with Gasteiger partial charge in [-0.3, -0.25) is 9.69 Å². The number of piperazine rings is 1. The number of aryl methyl sites for hydroxylation is 1. The Labute approximate surface area is 168 Å². The van der Waals surface area contributed by atoms with E-state index in [-0.39, 0.29) is 0 Å². The molecule has 0 N–H and O–H groups in total. The smallest absolute Gasteiger partial charge is 0.222 e. The number of amides is 1. The van der Waals surface area contributed by atoms with Gasteiger partial charge in [0.25, 0.3) is 0 Å². The van der Waals surface area contributed by atoms with E-state index in [1.165, 1.54) is 42.7 Å². The molecule has 2 heterocycles. The molecule has 0 bridgehead atoms. The maximum atomic E-state index is 12.6. The number of nitrogens with zero attached hydrogens (tertiary/aromatic N) is 3. The van der Waals surface area contributed by atoms with Gasteiger partial charge in [-0.25, -0.2) is 0 Å². The fourth-order valence-corrected chi connectivity index (χ4v) is 4.26. The van der Waals surface area contributed by atoms with Crippen LogP contribution in [-0.4, -0.2) is 55.0 Å².